The van der Waals surface area contributed by atoms with Crippen LogP contribution < -0.4 is 0 Å². The van der Waals surface area contributed by atoms with Crippen molar-refractivity contribution in [2.75, 3.05) is 13.2 Å². The highest BCUT2D eigenvalue weighted by molar-refractivity contribution is 6.74. The Morgan fingerprint density at radius 3 is 1.78 bits per heavy atom. The molecule has 2 saturated heterocycles. The van der Waals surface area contributed by atoms with E-state index in [2.05, 4.69) is 27.7 Å². The predicted molar refractivity (Wildman–Crippen MR) is 114 cm³/mol. The molecule has 0 amide bonds. The fourth-order valence-electron chi connectivity index (χ4n) is 3.79. The zero-order valence-corrected chi connectivity index (χ0v) is 20.5. The number of rotatable bonds is 8. The largest absolute Gasteiger partial charge is 0.394 e. The molecular formula is C20H40O11Si. The maximum atomic E-state index is 10.7. The number of ether oxygens (including phenoxy) is 3. The second-order valence-corrected chi connectivity index (χ2v) is 14.6. The van der Waals surface area contributed by atoms with Crippen LogP contribution in [0.2, 0.25) is 18.1 Å². The van der Waals surface area contributed by atoms with Crippen LogP contribution in [-0.4, -0.2) is 119 Å². The van der Waals surface area contributed by atoms with Gasteiger partial charge in [0.25, 0.3) is 0 Å². The van der Waals surface area contributed by atoms with Gasteiger partial charge >= 0.3 is 0 Å². The molecule has 11 nitrogen and oxygen atoms in total. The highest BCUT2D eigenvalue weighted by Gasteiger charge is 2.53. The average molecular weight is 485 g/mol. The maximum absolute atomic E-state index is 10.7. The van der Waals surface area contributed by atoms with Crippen molar-refractivity contribution < 1.29 is 54.4 Å². The summed E-state index contributed by atoms with van der Waals surface area (Å²) in [4.78, 5) is 0. The van der Waals surface area contributed by atoms with Gasteiger partial charge in [-0.05, 0) is 24.1 Å². The van der Waals surface area contributed by atoms with Crippen LogP contribution in [0.4, 0.5) is 0 Å². The fraction of sp³-hybridized carbons (Fsp3) is 1.00. The van der Waals surface area contributed by atoms with Gasteiger partial charge in [-0.3, -0.25) is 0 Å². The van der Waals surface area contributed by atoms with Gasteiger partial charge in [0.05, 0.1) is 13.2 Å². The van der Waals surface area contributed by atoms with Crippen molar-refractivity contribution in [3.05, 3.63) is 0 Å². The number of hydrogen-bond donors (Lipinski definition) is 7. The van der Waals surface area contributed by atoms with E-state index in [1.165, 1.54) is 0 Å². The molecule has 0 bridgehead atoms. The van der Waals surface area contributed by atoms with Crippen LogP contribution >= 0.6 is 0 Å². The fourth-order valence-corrected chi connectivity index (χ4v) is 6.26. The summed E-state index contributed by atoms with van der Waals surface area (Å²) in [7, 11) is -2.47. The number of aliphatic hydroxyl groups is 7. The summed E-state index contributed by atoms with van der Waals surface area (Å²) in [6, 6.07) is 0. The van der Waals surface area contributed by atoms with Crippen molar-refractivity contribution >= 4 is 8.32 Å². The molecule has 2 fully saturated rings. The Balaban J connectivity index is 2.17. The minimum absolute atomic E-state index is 0.195. The van der Waals surface area contributed by atoms with Gasteiger partial charge in [0.15, 0.2) is 20.9 Å². The molecule has 2 rings (SSSR count). The highest BCUT2D eigenvalue weighted by Crippen LogP contribution is 2.46. The van der Waals surface area contributed by atoms with Crippen LogP contribution in [-0.2, 0) is 18.6 Å². The van der Waals surface area contributed by atoms with Crippen molar-refractivity contribution in [1.82, 2.24) is 0 Å². The van der Waals surface area contributed by atoms with Gasteiger partial charge in [-0.2, -0.15) is 0 Å². The molecule has 7 N–H and O–H groups in total. The normalized spacial score (nSPS) is 41.8. The van der Waals surface area contributed by atoms with E-state index in [0.717, 1.165) is 0 Å². The topological polar surface area (TPSA) is 179 Å². The SMILES string of the molecule is CC(C)C(C)(C)[Si](C)(C)O[C@@H]1O[C@H](CO)[C@@H](O[C@@H]2O[C@H](CO)[C@H](O)[C@H](O)[C@H]2O)[C@H](O)[C@H]1O. The van der Waals surface area contributed by atoms with Crippen molar-refractivity contribution in [2.24, 2.45) is 5.92 Å². The van der Waals surface area contributed by atoms with Crippen LogP contribution in [0, 0.1) is 5.92 Å². The minimum Gasteiger partial charge on any atom is -0.394 e. The summed E-state index contributed by atoms with van der Waals surface area (Å²) in [5, 5.41) is 70.5. The van der Waals surface area contributed by atoms with E-state index in [9.17, 15) is 35.7 Å². The molecule has 2 aliphatic heterocycles. The molecule has 10 atom stereocenters. The first kappa shape index (κ1) is 28.0. The van der Waals surface area contributed by atoms with E-state index in [0.29, 0.717) is 0 Å². The van der Waals surface area contributed by atoms with Crippen LogP contribution in [0.15, 0.2) is 0 Å². The molecule has 0 unspecified atom stereocenters. The summed E-state index contributed by atoms with van der Waals surface area (Å²) in [6.07, 6.45) is -14.5. The first-order chi connectivity index (χ1) is 14.7. The van der Waals surface area contributed by atoms with E-state index in [1.807, 2.05) is 13.1 Å². The Labute approximate surface area is 189 Å². The van der Waals surface area contributed by atoms with Gasteiger partial charge in [-0.25, -0.2) is 0 Å². The molecule has 2 heterocycles. The summed E-state index contributed by atoms with van der Waals surface area (Å²) >= 11 is 0. The third-order valence-electron chi connectivity index (χ3n) is 7.37. The standard InChI is InChI=1S/C20H40O11Si/c1-9(2)20(3,4)32(5,6)31-19-16(27)14(25)17(11(8-22)29-19)30-18-15(26)13(24)12(23)10(7-21)28-18/h9-19,21-27H,7-8H2,1-6H3/t10-,11-,12+,13+,14-,15-,16-,17-,18+,19+/m1/s1. The first-order valence-corrected chi connectivity index (χ1v) is 13.9. The summed E-state index contributed by atoms with van der Waals surface area (Å²) in [5.74, 6) is 0.283. The molecule has 32 heavy (non-hydrogen) atoms. The predicted octanol–water partition coefficient (Wildman–Crippen LogP) is -1.73. The molecule has 0 radical (unpaired) electrons. The minimum atomic E-state index is -2.47. The molecule has 0 aromatic heterocycles. The molecule has 0 aliphatic carbocycles. The summed E-state index contributed by atoms with van der Waals surface area (Å²) < 4.78 is 22.8. The molecule has 0 aromatic rings. The van der Waals surface area contributed by atoms with Gasteiger partial charge in [0.1, 0.15) is 48.8 Å². The Kier molecular flexibility index (Phi) is 9.27. The summed E-state index contributed by atoms with van der Waals surface area (Å²) in [6.45, 7) is 11.0. The van der Waals surface area contributed by atoms with Crippen molar-refractivity contribution in [2.45, 2.75) is 107 Å². The first-order valence-electron chi connectivity index (χ1n) is 11.0. The van der Waals surface area contributed by atoms with Crippen molar-refractivity contribution in [1.29, 1.82) is 0 Å². The molecule has 190 valence electrons. The second-order valence-electron chi connectivity index (χ2n) is 10.0. The Morgan fingerprint density at radius 1 is 0.781 bits per heavy atom. The maximum Gasteiger partial charge on any atom is 0.196 e. The Bertz CT molecular complexity index is 600. The van der Waals surface area contributed by atoms with Gasteiger partial charge in [0.2, 0.25) is 0 Å². The summed E-state index contributed by atoms with van der Waals surface area (Å²) in [5.41, 5.74) is 0. The molecule has 2 aliphatic rings. The van der Waals surface area contributed by atoms with Gasteiger partial charge in [-0.15, -0.1) is 0 Å². The smallest absolute Gasteiger partial charge is 0.196 e. The lowest BCUT2D eigenvalue weighted by molar-refractivity contribution is -0.353. The second kappa shape index (κ2) is 10.6. The lowest BCUT2D eigenvalue weighted by atomic mass is 9.97. The Hall–Kier alpha value is -0.223. The Morgan fingerprint density at radius 2 is 1.28 bits per heavy atom. The van der Waals surface area contributed by atoms with Crippen LogP contribution in [0.25, 0.3) is 0 Å². The van der Waals surface area contributed by atoms with E-state index >= 15 is 0 Å². The quantitative estimate of drug-likeness (QED) is 0.195. The zero-order chi connectivity index (χ0) is 24.6. The van der Waals surface area contributed by atoms with E-state index in [1.54, 1.807) is 0 Å². The van der Waals surface area contributed by atoms with Gasteiger partial charge in [-0.1, -0.05) is 27.7 Å². The van der Waals surface area contributed by atoms with Crippen LogP contribution in [0.1, 0.15) is 27.7 Å². The van der Waals surface area contributed by atoms with Crippen LogP contribution in [0.3, 0.4) is 0 Å². The lowest BCUT2D eigenvalue weighted by Crippen LogP contribution is -2.65. The molecule has 12 heteroatoms. The van der Waals surface area contributed by atoms with E-state index in [-0.39, 0.29) is 11.0 Å². The number of aliphatic hydroxyl groups excluding tert-OH is 7. The van der Waals surface area contributed by atoms with Gasteiger partial charge < -0.3 is 54.4 Å². The van der Waals surface area contributed by atoms with Crippen LogP contribution in [0.5, 0.6) is 0 Å². The molecular weight excluding hydrogens is 444 g/mol. The third-order valence-corrected chi connectivity index (χ3v) is 11.9. The highest BCUT2D eigenvalue weighted by atomic mass is 28.4. The lowest BCUT2D eigenvalue weighted by Gasteiger charge is -2.49. The molecule has 0 saturated carbocycles. The molecule has 0 aromatic carbocycles. The van der Waals surface area contributed by atoms with Crippen molar-refractivity contribution in [3.8, 4) is 0 Å². The van der Waals surface area contributed by atoms with Gasteiger partial charge in [0, 0.05) is 0 Å². The molecule has 0 spiro atoms. The average Bonchev–Trinajstić information content (AvgIpc) is 2.72. The van der Waals surface area contributed by atoms with E-state index < -0.39 is 82.9 Å². The van der Waals surface area contributed by atoms with E-state index in [4.69, 9.17) is 18.6 Å². The number of hydrogen-bond acceptors (Lipinski definition) is 11. The zero-order valence-electron chi connectivity index (χ0n) is 19.5. The third kappa shape index (κ3) is 5.37. The van der Waals surface area contributed by atoms with Crippen molar-refractivity contribution in [3.63, 3.8) is 0 Å². The monoisotopic (exact) mass is 484 g/mol.